The minimum absolute atomic E-state index is 0.127. The summed E-state index contributed by atoms with van der Waals surface area (Å²) in [5.41, 5.74) is 4.28. The lowest BCUT2D eigenvalue weighted by Gasteiger charge is -2.14. The minimum atomic E-state index is -0.277. The second-order valence-corrected chi connectivity index (χ2v) is 8.49. The summed E-state index contributed by atoms with van der Waals surface area (Å²) in [6.45, 7) is 6.52. The molecule has 2 amide bonds. The van der Waals surface area contributed by atoms with Gasteiger partial charge < -0.3 is 15.5 Å². The predicted molar refractivity (Wildman–Crippen MR) is 136 cm³/mol. The molecule has 0 aliphatic carbocycles. The van der Waals surface area contributed by atoms with Crippen molar-refractivity contribution >= 4 is 23.6 Å². The molecule has 2 aromatic carbocycles. The SMILES string of the molecule is CC(C)=CN(/C=C/NCc1ccc(F)cc1)C(=O)/C=C/c1ccc(C)cc1NC(=O)CN(C)C. The van der Waals surface area contributed by atoms with E-state index in [0.29, 0.717) is 12.2 Å². The lowest BCUT2D eigenvalue weighted by molar-refractivity contribution is -0.121. The Hall–Kier alpha value is -3.71. The van der Waals surface area contributed by atoms with Gasteiger partial charge >= 0.3 is 0 Å². The molecular formula is C27H33FN4O2. The van der Waals surface area contributed by atoms with E-state index in [-0.39, 0.29) is 24.2 Å². The molecule has 0 atom stereocenters. The third-order valence-corrected chi connectivity index (χ3v) is 4.57. The molecule has 7 heteroatoms. The van der Waals surface area contributed by atoms with Gasteiger partial charge in [-0.05, 0) is 75.8 Å². The molecular weight excluding hydrogens is 431 g/mol. The maximum Gasteiger partial charge on any atom is 0.254 e. The van der Waals surface area contributed by atoms with Crippen molar-refractivity contribution in [3.05, 3.63) is 95.2 Å². The van der Waals surface area contributed by atoms with E-state index in [1.807, 2.05) is 53.1 Å². The maximum absolute atomic E-state index is 13.0. The van der Waals surface area contributed by atoms with E-state index in [1.165, 1.54) is 23.1 Å². The van der Waals surface area contributed by atoms with Crippen LogP contribution in [0.15, 0.2) is 72.7 Å². The second-order valence-electron chi connectivity index (χ2n) is 8.49. The number of nitrogens with zero attached hydrogens (tertiary/aromatic N) is 2. The van der Waals surface area contributed by atoms with Crippen molar-refractivity contribution in [1.29, 1.82) is 0 Å². The van der Waals surface area contributed by atoms with Crippen LogP contribution in [0, 0.1) is 12.7 Å². The van der Waals surface area contributed by atoms with Gasteiger partial charge in [0.1, 0.15) is 5.82 Å². The van der Waals surface area contributed by atoms with E-state index < -0.39 is 0 Å². The number of carbonyl (C=O) groups is 2. The van der Waals surface area contributed by atoms with Crippen LogP contribution < -0.4 is 10.6 Å². The number of nitrogens with one attached hydrogen (secondary N) is 2. The highest BCUT2D eigenvalue weighted by atomic mass is 19.1. The molecule has 0 radical (unpaired) electrons. The van der Waals surface area contributed by atoms with Gasteiger partial charge in [-0.15, -0.1) is 0 Å². The number of benzene rings is 2. The van der Waals surface area contributed by atoms with Gasteiger partial charge in [-0.1, -0.05) is 29.8 Å². The van der Waals surface area contributed by atoms with Gasteiger partial charge in [0.2, 0.25) is 5.91 Å². The predicted octanol–water partition coefficient (Wildman–Crippen LogP) is 4.66. The molecule has 0 saturated heterocycles. The van der Waals surface area contributed by atoms with Crippen LogP contribution in [0.25, 0.3) is 6.08 Å². The Labute approximate surface area is 201 Å². The average Bonchev–Trinajstić information content (AvgIpc) is 2.75. The molecule has 0 bridgehead atoms. The monoisotopic (exact) mass is 464 g/mol. The van der Waals surface area contributed by atoms with Crippen LogP contribution in [0.3, 0.4) is 0 Å². The molecule has 2 aromatic rings. The van der Waals surface area contributed by atoms with Gasteiger partial charge in [0, 0.05) is 36.9 Å². The molecule has 180 valence electrons. The van der Waals surface area contributed by atoms with Crippen LogP contribution in [0.4, 0.5) is 10.1 Å². The number of allylic oxidation sites excluding steroid dienone is 1. The number of rotatable bonds is 10. The number of halogens is 1. The lowest BCUT2D eigenvalue weighted by atomic mass is 10.1. The fourth-order valence-corrected chi connectivity index (χ4v) is 3.02. The molecule has 2 N–H and O–H groups in total. The summed E-state index contributed by atoms with van der Waals surface area (Å²) in [4.78, 5) is 28.4. The van der Waals surface area contributed by atoms with E-state index in [4.69, 9.17) is 0 Å². The van der Waals surface area contributed by atoms with Crippen molar-refractivity contribution < 1.29 is 14.0 Å². The Balaban J connectivity index is 2.11. The maximum atomic E-state index is 13.0. The molecule has 0 spiro atoms. The number of hydrogen-bond donors (Lipinski definition) is 2. The zero-order chi connectivity index (χ0) is 25.1. The first kappa shape index (κ1) is 26.5. The normalized spacial score (nSPS) is 11.1. The quantitative estimate of drug-likeness (QED) is 0.502. The summed E-state index contributed by atoms with van der Waals surface area (Å²) in [5.74, 6) is -0.648. The molecule has 2 rings (SSSR count). The number of likely N-dealkylation sites (N-methyl/N-ethyl adjacent to an activating group) is 1. The first-order valence-electron chi connectivity index (χ1n) is 11.0. The Morgan fingerprint density at radius 1 is 1.06 bits per heavy atom. The van der Waals surface area contributed by atoms with Crippen molar-refractivity contribution in [3.8, 4) is 0 Å². The molecule has 0 aromatic heterocycles. The van der Waals surface area contributed by atoms with Gasteiger partial charge in [-0.2, -0.15) is 0 Å². The van der Waals surface area contributed by atoms with E-state index >= 15 is 0 Å². The molecule has 0 heterocycles. The second kappa shape index (κ2) is 13.1. The molecule has 6 nitrogen and oxygen atoms in total. The summed E-state index contributed by atoms with van der Waals surface area (Å²) in [5, 5.41) is 6.02. The summed E-state index contributed by atoms with van der Waals surface area (Å²) in [7, 11) is 3.66. The Morgan fingerprint density at radius 2 is 1.76 bits per heavy atom. The van der Waals surface area contributed by atoms with Crippen molar-refractivity contribution in [2.75, 3.05) is 26.0 Å². The lowest BCUT2D eigenvalue weighted by Crippen LogP contribution is -2.27. The number of amides is 2. The van der Waals surface area contributed by atoms with Crippen molar-refractivity contribution in [2.45, 2.75) is 27.3 Å². The third-order valence-electron chi connectivity index (χ3n) is 4.57. The first-order chi connectivity index (χ1) is 16.1. The summed E-state index contributed by atoms with van der Waals surface area (Å²) >= 11 is 0. The van der Waals surface area contributed by atoms with Crippen LogP contribution in [0.2, 0.25) is 0 Å². The number of aryl methyl sites for hydroxylation is 1. The van der Waals surface area contributed by atoms with Gasteiger partial charge in [0.05, 0.1) is 6.54 Å². The molecule has 0 fully saturated rings. The third kappa shape index (κ3) is 9.42. The van der Waals surface area contributed by atoms with Gasteiger partial charge in [-0.3, -0.25) is 14.5 Å². The van der Waals surface area contributed by atoms with Crippen LogP contribution in [-0.4, -0.2) is 42.3 Å². The standard InChI is InChI=1S/C27H33FN4O2/c1-20(2)18-32(15-14-29-17-22-7-11-24(28)12-8-22)27(34)13-10-23-9-6-21(3)16-25(23)30-26(33)19-31(4)5/h6-16,18,29H,17,19H2,1-5H3,(H,30,33)/b13-10+,15-14+. The van der Waals surface area contributed by atoms with E-state index in [0.717, 1.165) is 22.3 Å². The molecule has 0 aliphatic heterocycles. The van der Waals surface area contributed by atoms with Gasteiger partial charge in [0.25, 0.3) is 5.91 Å². The average molecular weight is 465 g/mol. The molecule has 0 saturated carbocycles. The zero-order valence-electron chi connectivity index (χ0n) is 20.4. The fraction of sp³-hybridized carbons (Fsp3) is 0.259. The summed E-state index contributed by atoms with van der Waals surface area (Å²) in [6, 6.07) is 11.9. The highest BCUT2D eigenvalue weighted by Crippen LogP contribution is 2.19. The van der Waals surface area contributed by atoms with Crippen LogP contribution in [0.5, 0.6) is 0 Å². The van der Waals surface area contributed by atoms with Gasteiger partial charge in [-0.25, -0.2) is 4.39 Å². The number of carbonyl (C=O) groups excluding carboxylic acids is 2. The Morgan fingerprint density at radius 3 is 2.41 bits per heavy atom. The highest BCUT2D eigenvalue weighted by Gasteiger charge is 2.09. The fourth-order valence-electron chi connectivity index (χ4n) is 3.02. The first-order valence-corrected chi connectivity index (χ1v) is 11.0. The number of anilines is 1. The molecule has 0 aliphatic rings. The number of hydrogen-bond acceptors (Lipinski definition) is 4. The highest BCUT2D eigenvalue weighted by molar-refractivity contribution is 5.97. The van der Waals surface area contributed by atoms with Crippen molar-refractivity contribution in [1.82, 2.24) is 15.1 Å². The molecule has 0 unspecified atom stereocenters. The smallest absolute Gasteiger partial charge is 0.254 e. The topological polar surface area (TPSA) is 64.7 Å². The molecule has 34 heavy (non-hydrogen) atoms. The zero-order valence-corrected chi connectivity index (χ0v) is 20.4. The summed E-state index contributed by atoms with van der Waals surface area (Å²) in [6.07, 6.45) is 8.21. The van der Waals surface area contributed by atoms with Crippen molar-refractivity contribution in [2.24, 2.45) is 0 Å². The largest absolute Gasteiger partial charge is 0.386 e. The summed E-state index contributed by atoms with van der Waals surface area (Å²) < 4.78 is 13.0. The van der Waals surface area contributed by atoms with Crippen molar-refractivity contribution in [3.63, 3.8) is 0 Å². The minimum Gasteiger partial charge on any atom is -0.386 e. The van der Waals surface area contributed by atoms with Crippen LogP contribution in [-0.2, 0) is 16.1 Å². The van der Waals surface area contributed by atoms with E-state index in [2.05, 4.69) is 10.6 Å². The van der Waals surface area contributed by atoms with Crippen LogP contribution in [0.1, 0.15) is 30.5 Å². The Bertz CT molecular complexity index is 1070. The Kier molecular flexibility index (Phi) is 10.2. The van der Waals surface area contributed by atoms with E-state index in [9.17, 15) is 14.0 Å². The van der Waals surface area contributed by atoms with Gasteiger partial charge in [0.15, 0.2) is 0 Å². The van der Waals surface area contributed by atoms with Crippen LogP contribution >= 0.6 is 0 Å². The van der Waals surface area contributed by atoms with E-state index in [1.54, 1.807) is 41.7 Å².